The molecule has 1 heterocycles. The maximum absolute atomic E-state index is 14.7. The van der Waals surface area contributed by atoms with Crippen LogP contribution in [0.5, 0.6) is 0 Å². The molecule has 0 aromatic heterocycles. The van der Waals surface area contributed by atoms with Gasteiger partial charge in [-0.1, -0.05) is 30.3 Å². The van der Waals surface area contributed by atoms with Crippen molar-refractivity contribution in [1.82, 2.24) is 5.32 Å². The normalized spacial score (nSPS) is 22.1. The summed E-state index contributed by atoms with van der Waals surface area (Å²) in [5.74, 6) is -1.31. The van der Waals surface area contributed by atoms with Crippen molar-refractivity contribution in [1.29, 1.82) is 0 Å². The Bertz CT molecular complexity index is 928. The number of hydrogen-bond acceptors (Lipinski definition) is 4. The lowest BCUT2D eigenvalue weighted by Crippen LogP contribution is -2.49. The summed E-state index contributed by atoms with van der Waals surface area (Å²) in [6.07, 6.45) is 0.721. The van der Waals surface area contributed by atoms with Crippen molar-refractivity contribution in [2.45, 2.75) is 25.3 Å². The molecule has 0 bridgehead atoms. The van der Waals surface area contributed by atoms with Gasteiger partial charge in [0.25, 0.3) is 0 Å². The highest BCUT2D eigenvalue weighted by molar-refractivity contribution is 5.89. The van der Waals surface area contributed by atoms with Gasteiger partial charge >= 0.3 is 5.97 Å². The fourth-order valence-corrected chi connectivity index (χ4v) is 4.36. The van der Waals surface area contributed by atoms with E-state index in [2.05, 4.69) is 27.5 Å². The first-order valence-corrected chi connectivity index (χ1v) is 8.98. The quantitative estimate of drug-likeness (QED) is 0.817. The van der Waals surface area contributed by atoms with Crippen LogP contribution >= 0.6 is 0 Å². The summed E-state index contributed by atoms with van der Waals surface area (Å²) in [6.45, 7) is 1.66. The van der Waals surface area contributed by atoms with Crippen LogP contribution < -0.4 is 10.6 Å². The Kier molecular flexibility index (Phi) is 4.34. The SMILES string of the molecule is COC(=O)CNC(=O)C1Nc2c(F)cc(C)cc2C2c3ccccc3CC12. The van der Waals surface area contributed by atoms with Crippen LogP contribution in [0.3, 0.4) is 0 Å². The molecule has 2 N–H and O–H groups in total. The Hall–Kier alpha value is -2.89. The van der Waals surface area contributed by atoms with Crippen LogP contribution in [0.2, 0.25) is 0 Å². The highest BCUT2D eigenvalue weighted by Gasteiger charge is 2.46. The Labute approximate surface area is 156 Å². The lowest BCUT2D eigenvalue weighted by Gasteiger charge is -2.37. The van der Waals surface area contributed by atoms with E-state index in [1.165, 1.54) is 18.7 Å². The van der Waals surface area contributed by atoms with Gasteiger partial charge in [-0.3, -0.25) is 9.59 Å². The summed E-state index contributed by atoms with van der Waals surface area (Å²) in [5.41, 5.74) is 4.43. The molecule has 1 amide bonds. The Balaban J connectivity index is 1.75. The van der Waals surface area contributed by atoms with Crippen LogP contribution in [0.25, 0.3) is 0 Å². The molecule has 2 aromatic rings. The van der Waals surface area contributed by atoms with Crippen molar-refractivity contribution in [3.8, 4) is 0 Å². The van der Waals surface area contributed by atoms with Gasteiger partial charge in [0.2, 0.25) is 5.91 Å². The number of anilines is 1. The zero-order chi connectivity index (χ0) is 19.1. The molecule has 5 nitrogen and oxygen atoms in total. The van der Waals surface area contributed by atoms with Gasteiger partial charge in [0, 0.05) is 11.8 Å². The molecule has 3 unspecified atom stereocenters. The van der Waals surface area contributed by atoms with Crippen molar-refractivity contribution in [2.24, 2.45) is 5.92 Å². The molecule has 6 heteroatoms. The zero-order valence-electron chi connectivity index (χ0n) is 15.2. The number of hydrogen-bond donors (Lipinski definition) is 2. The second kappa shape index (κ2) is 6.68. The Morgan fingerprint density at radius 1 is 1.26 bits per heavy atom. The molecular weight excluding hydrogens is 347 g/mol. The van der Waals surface area contributed by atoms with Gasteiger partial charge in [0.05, 0.1) is 12.8 Å². The Morgan fingerprint density at radius 3 is 2.81 bits per heavy atom. The summed E-state index contributed by atoms with van der Waals surface area (Å²) in [5, 5.41) is 5.71. The fraction of sp³-hybridized carbons (Fsp3) is 0.333. The first-order chi connectivity index (χ1) is 13.0. The fourth-order valence-electron chi connectivity index (χ4n) is 4.36. The highest BCUT2D eigenvalue weighted by atomic mass is 19.1. The first-order valence-electron chi connectivity index (χ1n) is 8.98. The standard InChI is InChI=1S/C21H21FN2O3/c1-11-7-14-18-13-6-4-3-5-12(13)9-15(18)20(24-19(14)16(22)8-11)21(26)23-10-17(25)27-2/h3-8,15,18,20,24H,9-10H2,1-2H3,(H,23,26). The third kappa shape index (κ3) is 2.95. The molecule has 2 aromatic carbocycles. The highest BCUT2D eigenvalue weighted by Crippen LogP contribution is 2.50. The third-order valence-corrected chi connectivity index (χ3v) is 5.52. The van der Waals surface area contributed by atoms with Crippen LogP contribution in [0, 0.1) is 18.7 Å². The minimum Gasteiger partial charge on any atom is -0.468 e. The number of esters is 1. The van der Waals surface area contributed by atoms with Crippen molar-refractivity contribution in [2.75, 3.05) is 19.0 Å². The van der Waals surface area contributed by atoms with E-state index in [0.29, 0.717) is 5.69 Å². The summed E-state index contributed by atoms with van der Waals surface area (Å²) >= 11 is 0. The van der Waals surface area contributed by atoms with Crippen LogP contribution in [0.4, 0.5) is 10.1 Å². The molecule has 0 saturated carbocycles. The number of ether oxygens (including phenoxy) is 1. The molecule has 140 valence electrons. The molecule has 0 saturated heterocycles. The van der Waals surface area contributed by atoms with Gasteiger partial charge in [-0.2, -0.15) is 0 Å². The van der Waals surface area contributed by atoms with E-state index in [4.69, 9.17) is 0 Å². The summed E-state index contributed by atoms with van der Waals surface area (Å²) < 4.78 is 19.3. The zero-order valence-corrected chi connectivity index (χ0v) is 15.2. The number of aryl methyl sites for hydroxylation is 1. The van der Waals surface area contributed by atoms with E-state index in [0.717, 1.165) is 23.1 Å². The van der Waals surface area contributed by atoms with Gasteiger partial charge in [0.1, 0.15) is 18.4 Å². The van der Waals surface area contributed by atoms with Crippen molar-refractivity contribution in [3.05, 3.63) is 64.5 Å². The van der Waals surface area contributed by atoms with Gasteiger partial charge < -0.3 is 15.4 Å². The molecule has 1 aliphatic carbocycles. The molecule has 0 fully saturated rings. The van der Waals surface area contributed by atoms with Crippen LogP contribution in [0.1, 0.15) is 28.2 Å². The van der Waals surface area contributed by atoms with Gasteiger partial charge in [-0.15, -0.1) is 0 Å². The number of amides is 1. The number of nitrogens with one attached hydrogen (secondary N) is 2. The molecule has 4 rings (SSSR count). The molecule has 3 atom stereocenters. The van der Waals surface area contributed by atoms with E-state index >= 15 is 0 Å². The van der Waals surface area contributed by atoms with E-state index in [-0.39, 0.29) is 30.1 Å². The summed E-state index contributed by atoms with van der Waals surface area (Å²) in [7, 11) is 1.27. The van der Waals surface area contributed by atoms with Crippen molar-refractivity contribution in [3.63, 3.8) is 0 Å². The number of methoxy groups -OCH3 is 1. The molecule has 27 heavy (non-hydrogen) atoms. The lowest BCUT2D eigenvalue weighted by atomic mass is 9.77. The Morgan fingerprint density at radius 2 is 2.04 bits per heavy atom. The number of rotatable bonds is 3. The van der Waals surface area contributed by atoms with E-state index in [9.17, 15) is 14.0 Å². The van der Waals surface area contributed by atoms with E-state index < -0.39 is 12.0 Å². The molecule has 2 aliphatic rings. The number of benzene rings is 2. The average molecular weight is 368 g/mol. The van der Waals surface area contributed by atoms with Crippen LogP contribution in [-0.2, 0) is 20.7 Å². The molecular formula is C21H21FN2O3. The lowest BCUT2D eigenvalue weighted by molar-refractivity contribution is -0.141. The minimum atomic E-state index is -0.628. The second-order valence-corrected chi connectivity index (χ2v) is 7.17. The third-order valence-electron chi connectivity index (χ3n) is 5.52. The van der Waals surface area contributed by atoms with Gasteiger partial charge in [0.15, 0.2) is 0 Å². The van der Waals surface area contributed by atoms with E-state index in [1.54, 1.807) is 0 Å². The maximum Gasteiger partial charge on any atom is 0.325 e. The van der Waals surface area contributed by atoms with Crippen molar-refractivity contribution < 1.29 is 18.7 Å². The predicted octanol–water partition coefficient (Wildman–Crippen LogP) is 2.52. The van der Waals surface area contributed by atoms with Crippen LogP contribution in [-0.4, -0.2) is 31.6 Å². The monoisotopic (exact) mass is 368 g/mol. The number of halogens is 1. The number of carbonyl (C=O) groups excluding carboxylic acids is 2. The largest absolute Gasteiger partial charge is 0.468 e. The maximum atomic E-state index is 14.7. The molecule has 0 radical (unpaired) electrons. The smallest absolute Gasteiger partial charge is 0.325 e. The van der Waals surface area contributed by atoms with Gasteiger partial charge in [-0.05, 0) is 41.7 Å². The van der Waals surface area contributed by atoms with Crippen molar-refractivity contribution >= 4 is 17.6 Å². The van der Waals surface area contributed by atoms with E-state index in [1.807, 2.05) is 25.1 Å². The summed E-state index contributed by atoms with van der Waals surface area (Å²) in [4.78, 5) is 24.2. The second-order valence-electron chi connectivity index (χ2n) is 7.17. The number of fused-ring (bicyclic) bond motifs is 5. The molecule has 0 spiro atoms. The minimum absolute atomic E-state index is 0.0475. The molecule has 1 aliphatic heterocycles. The number of carbonyl (C=O) groups is 2. The summed E-state index contributed by atoms with van der Waals surface area (Å²) in [6, 6.07) is 10.9. The average Bonchev–Trinajstić information content (AvgIpc) is 3.05. The predicted molar refractivity (Wildman–Crippen MR) is 99.1 cm³/mol. The van der Waals surface area contributed by atoms with Gasteiger partial charge in [-0.25, -0.2) is 4.39 Å². The topological polar surface area (TPSA) is 67.4 Å². The van der Waals surface area contributed by atoms with Crippen LogP contribution in [0.15, 0.2) is 36.4 Å². The first kappa shape index (κ1) is 17.5.